The van der Waals surface area contributed by atoms with Gasteiger partial charge in [0.1, 0.15) is 5.83 Å². The van der Waals surface area contributed by atoms with Crippen LogP contribution in [-0.2, 0) is 4.79 Å². The average Bonchev–Trinajstić information content (AvgIpc) is 2.63. The number of amides is 1. The van der Waals surface area contributed by atoms with Crippen molar-refractivity contribution in [1.82, 2.24) is 10.6 Å². The van der Waals surface area contributed by atoms with Crippen LogP contribution < -0.4 is 10.6 Å². The molecule has 0 unspecified atom stereocenters. The number of hydrogen-bond acceptors (Lipinski definition) is 3. The molecule has 1 amide bonds. The Morgan fingerprint density at radius 3 is 2.54 bits per heavy atom. The third-order valence-electron chi connectivity index (χ3n) is 4.07. The number of halogens is 3. The Morgan fingerprint density at radius 1 is 1.35 bits per heavy atom. The Morgan fingerprint density at radius 2 is 1.96 bits per heavy atom. The maximum atomic E-state index is 14.4. The van der Waals surface area contributed by atoms with Crippen LogP contribution in [-0.4, -0.2) is 30.7 Å². The van der Waals surface area contributed by atoms with Crippen LogP contribution in [0.1, 0.15) is 33.6 Å². The first-order valence-corrected chi connectivity index (χ1v) is 10.5. The summed E-state index contributed by atoms with van der Waals surface area (Å²) < 4.78 is 16.4. The highest BCUT2D eigenvalue weighted by Crippen LogP contribution is 2.37. The molecule has 26 heavy (non-hydrogen) atoms. The molecule has 144 valence electrons. The Bertz CT molecular complexity index is 706. The summed E-state index contributed by atoms with van der Waals surface area (Å²) >= 11 is 4.51. The Kier molecular flexibility index (Phi) is 10.1. The smallest absolute Gasteiger partial charge is 0.249 e. The first-order chi connectivity index (χ1) is 12.2. The fourth-order valence-corrected chi connectivity index (χ4v) is 4.34. The third kappa shape index (κ3) is 6.19. The van der Waals surface area contributed by atoms with Crippen molar-refractivity contribution in [2.75, 3.05) is 19.7 Å². The summed E-state index contributed by atoms with van der Waals surface area (Å²) in [5.74, 6) is -0.585. The maximum absolute atomic E-state index is 14.4. The molecule has 0 aromatic carbocycles. The van der Waals surface area contributed by atoms with E-state index >= 15 is 0 Å². The molecular formula is C19H25FI2N2O2. The molecule has 0 aromatic rings. The van der Waals surface area contributed by atoms with E-state index in [0.717, 1.165) is 36.8 Å². The van der Waals surface area contributed by atoms with Crippen molar-refractivity contribution >= 4 is 51.1 Å². The van der Waals surface area contributed by atoms with Crippen LogP contribution in [0.15, 0.2) is 53.6 Å². The molecule has 1 heterocycles. The minimum Gasteiger partial charge on any atom is -0.391 e. The second-order valence-electron chi connectivity index (χ2n) is 5.96. The van der Waals surface area contributed by atoms with Gasteiger partial charge in [-0.1, -0.05) is 19.9 Å². The monoisotopic (exact) mass is 586 g/mol. The number of rotatable bonds is 6. The van der Waals surface area contributed by atoms with Gasteiger partial charge < -0.3 is 15.7 Å². The maximum Gasteiger partial charge on any atom is 0.249 e. The molecule has 0 saturated carbocycles. The molecule has 0 aliphatic carbocycles. The highest BCUT2D eigenvalue weighted by Gasteiger charge is 2.19. The number of aliphatic hydroxyl groups excluding tert-OH is 1. The Hall–Kier alpha value is -0.680. The van der Waals surface area contributed by atoms with Crippen molar-refractivity contribution in [2.45, 2.75) is 33.6 Å². The zero-order valence-corrected chi connectivity index (χ0v) is 19.6. The second kappa shape index (κ2) is 11.2. The van der Waals surface area contributed by atoms with Crippen LogP contribution in [0.25, 0.3) is 0 Å². The summed E-state index contributed by atoms with van der Waals surface area (Å²) in [6.45, 7) is 9.62. The first-order valence-electron chi connectivity index (χ1n) is 8.36. The number of aliphatic hydroxyl groups is 1. The van der Waals surface area contributed by atoms with Crippen LogP contribution in [0.3, 0.4) is 0 Å². The zero-order valence-electron chi connectivity index (χ0n) is 15.3. The predicted molar refractivity (Wildman–Crippen MR) is 122 cm³/mol. The summed E-state index contributed by atoms with van der Waals surface area (Å²) in [6, 6.07) is 0. The van der Waals surface area contributed by atoms with E-state index in [-0.39, 0.29) is 23.9 Å². The van der Waals surface area contributed by atoms with Gasteiger partial charge in [-0.2, -0.15) is 0 Å². The predicted octanol–water partition coefficient (Wildman–Crippen LogP) is 4.58. The van der Waals surface area contributed by atoms with E-state index < -0.39 is 0 Å². The first kappa shape index (κ1) is 23.4. The van der Waals surface area contributed by atoms with Crippen molar-refractivity contribution in [3.05, 3.63) is 53.6 Å². The second-order valence-corrected chi connectivity index (χ2v) is 8.12. The van der Waals surface area contributed by atoms with Gasteiger partial charge in [0.15, 0.2) is 0 Å². The summed E-state index contributed by atoms with van der Waals surface area (Å²) in [6.07, 6.45) is 3.24. The van der Waals surface area contributed by atoms with Gasteiger partial charge in [-0.3, -0.25) is 4.79 Å². The number of allylic oxidation sites excluding steroid dienone is 5. The molecule has 0 fully saturated rings. The van der Waals surface area contributed by atoms with Gasteiger partial charge >= 0.3 is 0 Å². The molecule has 4 nitrogen and oxygen atoms in total. The average molecular weight is 586 g/mol. The van der Waals surface area contributed by atoms with Crippen LogP contribution in [0.4, 0.5) is 4.39 Å². The molecule has 1 aliphatic rings. The van der Waals surface area contributed by atoms with Gasteiger partial charge in [-0.25, -0.2) is 4.39 Å². The fourth-order valence-electron chi connectivity index (χ4n) is 2.41. The molecule has 1 rings (SSSR count). The van der Waals surface area contributed by atoms with Crippen LogP contribution in [0, 0.1) is 0 Å². The summed E-state index contributed by atoms with van der Waals surface area (Å²) in [7, 11) is 0. The highest BCUT2D eigenvalue weighted by molar-refractivity contribution is 14.1. The van der Waals surface area contributed by atoms with E-state index in [9.17, 15) is 9.18 Å². The topological polar surface area (TPSA) is 61.4 Å². The largest absolute Gasteiger partial charge is 0.391 e. The molecule has 0 spiro atoms. The lowest BCUT2D eigenvalue weighted by molar-refractivity contribution is -0.117. The van der Waals surface area contributed by atoms with E-state index in [0.29, 0.717) is 18.7 Å². The SMILES string of the molecule is C=C(CO)C(=O)NCC1=C(C)NC/C=C(F)\C(C)=C(/CCC)C(I)=C1I. The van der Waals surface area contributed by atoms with Gasteiger partial charge in [-0.05, 0) is 82.7 Å². The Labute approximate surface area is 182 Å². The van der Waals surface area contributed by atoms with Crippen molar-refractivity contribution in [3.63, 3.8) is 0 Å². The molecule has 0 saturated heterocycles. The minimum atomic E-state index is -0.379. The normalized spacial score (nSPS) is 21.1. The standard InChI is InChI=1S/C19H25FI2N2O2/c1-5-6-14-12(3)16(20)7-8-23-13(4)15(18(22)17(14)21)9-24-19(26)11(2)10-25/h7,23,25H,2,5-6,8-10H2,1,3-4H3,(H,24,26)/b14-12+,15-13?,16-7+,18-17?. The lowest BCUT2D eigenvalue weighted by Crippen LogP contribution is -2.29. The van der Waals surface area contributed by atoms with E-state index in [1.807, 2.05) is 13.8 Å². The van der Waals surface area contributed by atoms with Crippen molar-refractivity contribution in [2.24, 2.45) is 0 Å². The van der Waals surface area contributed by atoms with Gasteiger partial charge in [0.25, 0.3) is 0 Å². The molecule has 0 atom stereocenters. The number of carbonyl (C=O) groups is 1. The zero-order chi connectivity index (χ0) is 19.9. The quantitative estimate of drug-likeness (QED) is 0.316. The van der Waals surface area contributed by atoms with Crippen molar-refractivity contribution < 1.29 is 14.3 Å². The molecule has 0 radical (unpaired) electrons. The molecule has 3 N–H and O–H groups in total. The minimum absolute atomic E-state index is 0.122. The molecule has 7 heteroatoms. The van der Waals surface area contributed by atoms with E-state index in [2.05, 4.69) is 69.3 Å². The lowest BCUT2D eigenvalue weighted by Gasteiger charge is -2.20. The lowest BCUT2D eigenvalue weighted by atomic mass is 10.0. The number of nitrogens with one attached hydrogen (secondary N) is 2. The van der Waals surface area contributed by atoms with Gasteiger partial charge in [-0.15, -0.1) is 0 Å². The summed E-state index contributed by atoms with van der Waals surface area (Å²) in [4.78, 5) is 11.9. The van der Waals surface area contributed by atoms with Gasteiger partial charge in [0.2, 0.25) is 5.91 Å². The molecule has 0 bridgehead atoms. The van der Waals surface area contributed by atoms with Crippen LogP contribution in [0.2, 0.25) is 0 Å². The molecule has 0 aromatic heterocycles. The van der Waals surface area contributed by atoms with Crippen LogP contribution >= 0.6 is 45.2 Å². The number of carbonyl (C=O) groups excluding carboxylic acids is 1. The van der Waals surface area contributed by atoms with E-state index in [4.69, 9.17) is 5.11 Å². The molecule has 1 aliphatic heterocycles. The van der Waals surface area contributed by atoms with Crippen molar-refractivity contribution in [1.29, 1.82) is 0 Å². The van der Waals surface area contributed by atoms with E-state index in [1.54, 1.807) is 6.08 Å². The number of hydrogen-bond donors (Lipinski definition) is 3. The fraction of sp³-hybridized carbons (Fsp3) is 0.421. The van der Waals surface area contributed by atoms with Crippen LogP contribution in [0.5, 0.6) is 0 Å². The summed E-state index contributed by atoms with van der Waals surface area (Å²) in [5.41, 5.74) is 3.58. The highest BCUT2D eigenvalue weighted by atomic mass is 127. The molecular weight excluding hydrogens is 561 g/mol. The van der Waals surface area contributed by atoms with Gasteiger partial charge in [0.05, 0.1) is 6.61 Å². The van der Waals surface area contributed by atoms with E-state index in [1.165, 1.54) is 0 Å². The van der Waals surface area contributed by atoms with Gasteiger partial charge in [0, 0.05) is 37.1 Å². The summed E-state index contributed by atoms with van der Waals surface area (Å²) in [5, 5.41) is 15.0. The third-order valence-corrected chi connectivity index (χ3v) is 7.49. The Balaban J connectivity index is 3.34. The van der Waals surface area contributed by atoms with Crippen molar-refractivity contribution in [3.8, 4) is 0 Å².